The number of benzene rings is 1. The van der Waals surface area contributed by atoms with Crippen LogP contribution in [0.25, 0.3) is 0 Å². The number of hydrogen-bond acceptors (Lipinski definition) is 3. The molecule has 106 valence electrons. The predicted octanol–water partition coefficient (Wildman–Crippen LogP) is 2.62. The second kappa shape index (κ2) is 5.79. The molecule has 2 rings (SSSR count). The Morgan fingerprint density at radius 2 is 2.05 bits per heavy atom. The van der Waals surface area contributed by atoms with Crippen molar-refractivity contribution in [1.82, 2.24) is 0 Å². The topological polar surface area (TPSA) is 38.7 Å². The molecular formula is C13H15F3O3. The highest BCUT2D eigenvalue weighted by Crippen LogP contribution is 2.33. The molecule has 0 saturated carbocycles. The molecule has 1 atom stereocenters. The normalized spacial score (nSPS) is 18.4. The van der Waals surface area contributed by atoms with Gasteiger partial charge in [-0.15, -0.1) is 0 Å². The van der Waals surface area contributed by atoms with Crippen molar-refractivity contribution < 1.29 is 27.8 Å². The van der Waals surface area contributed by atoms with Gasteiger partial charge >= 0.3 is 6.18 Å². The molecule has 1 N–H and O–H groups in total. The summed E-state index contributed by atoms with van der Waals surface area (Å²) >= 11 is 0. The van der Waals surface area contributed by atoms with Gasteiger partial charge in [0.15, 0.2) is 0 Å². The van der Waals surface area contributed by atoms with E-state index in [4.69, 9.17) is 4.74 Å². The quantitative estimate of drug-likeness (QED) is 0.840. The largest absolute Gasteiger partial charge is 0.491 e. The van der Waals surface area contributed by atoms with E-state index in [-0.39, 0.29) is 13.2 Å². The molecular weight excluding hydrogens is 261 g/mol. The van der Waals surface area contributed by atoms with Gasteiger partial charge in [0.05, 0.1) is 12.7 Å². The zero-order valence-corrected chi connectivity index (χ0v) is 10.2. The van der Waals surface area contributed by atoms with Crippen LogP contribution in [0.1, 0.15) is 23.7 Å². The highest BCUT2D eigenvalue weighted by Gasteiger charge is 2.27. The molecule has 6 heteroatoms. The average Bonchev–Trinajstić information content (AvgIpc) is 2.69. The Labute approximate surface area is 108 Å². The van der Waals surface area contributed by atoms with Gasteiger partial charge in [0.2, 0.25) is 0 Å². The maximum Gasteiger partial charge on any atom is 0.411 e. The minimum absolute atomic E-state index is 0.0669. The van der Waals surface area contributed by atoms with Crippen LogP contribution in [-0.4, -0.2) is 31.1 Å². The number of aliphatic hydroxyl groups excluding tert-OH is 1. The van der Waals surface area contributed by atoms with Crippen molar-refractivity contribution in [1.29, 1.82) is 0 Å². The minimum Gasteiger partial charge on any atom is -0.491 e. The summed E-state index contributed by atoms with van der Waals surface area (Å²) in [6.07, 6.45) is -3.23. The molecule has 1 aromatic rings. The van der Waals surface area contributed by atoms with Gasteiger partial charge in [-0.05, 0) is 36.1 Å². The van der Waals surface area contributed by atoms with E-state index in [0.717, 1.165) is 17.5 Å². The summed E-state index contributed by atoms with van der Waals surface area (Å²) in [6, 6.07) is 5.31. The molecule has 0 bridgehead atoms. The fourth-order valence-electron chi connectivity index (χ4n) is 2.07. The van der Waals surface area contributed by atoms with E-state index < -0.39 is 18.9 Å². The molecule has 0 radical (unpaired) electrons. The summed E-state index contributed by atoms with van der Waals surface area (Å²) < 4.78 is 45.2. The number of aryl methyl sites for hydroxylation is 1. The third-order valence-electron chi connectivity index (χ3n) is 2.92. The van der Waals surface area contributed by atoms with Crippen LogP contribution in [0.2, 0.25) is 0 Å². The molecule has 0 heterocycles. The first kappa shape index (κ1) is 14.1. The van der Waals surface area contributed by atoms with E-state index in [2.05, 4.69) is 4.74 Å². The van der Waals surface area contributed by atoms with E-state index in [0.29, 0.717) is 12.2 Å². The van der Waals surface area contributed by atoms with Gasteiger partial charge in [-0.1, -0.05) is 6.07 Å². The molecule has 0 aliphatic heterocycles. The van der Waals surface area contributed by atoms with Crippen LogP contribution in [0.4, 0.5) is 13.2 Å². The second-order valence-corrected chi connectivity index (χ2v) is 4.43. The van der Waals surface area contributed by atoms with E-state index in [1.54, 1.807) is 12.1 Å². The van der Waals surface area contributed by atoms with Crippen molar-refractivity contribution in [3.05, 3.63) is 29.3 Å². The molecule has 0 spiro atoms. The van der Waals surface area contributed by atoms with E-state index in [1.807, 2.05) is 6.07 Å². The van der Waals surface area contributed by atoms with Crippen molar-refractivity contribution in [2.24, 2.45) is 0 Å². The van der Waals surface area contributed by atoms with Crippen molar-refractivity contribution in [2.75, 3.05) is 19.8 Å². The Morgan fingerprint density at radius 1 is 1.26 bits per heavy atom. The number of hydrogen-bond donors (Lipinski definition) is 1. The summed E-state index contributed by atoms with van der Waals surface area (Å²) in [5, 5.41) is 9.63. The fraction of sp³-hybridized carbons (Fsp3) is 0.538. The van der Waals surface area contributed by atoms with Crippen molar-refractivity contribution in [3.63, 3.8) is 0 Å². The maximum absolute atomic E-state index is 11.8. The molecule has 1 aromatic carbocycles. The van der Waals surface area contributed by atoms with E-state index in [9.17, 15) is 18.3 Å². The van der Waals surface area contributed by atoms with Gasteiger partial charge in [-0.2, -0.15) is 13.2 Å². The van der Waals surface area contributed by atoms with Crippen LogP contribution in [0.5, 0.6) is 5.75 Å². The van der Waals surface area contributed by atoms with Gasteiger partial charge in [-0.3, -0.25) is 0 Å². The second-order valence-electron chi connectivity index (χ2n) is 4.43. The lowest BCUT2D eigenvalue weighted by molar-refractivity contribution is -0.175. The molecule has 0 amide bonds. The first-order valence-electron chi connectivity index (χ1n) is 6.04. The molecule has 1 unspecified atom stereocenters. The third kappa shape index (κ3) is 4.11. The summed E-state index contributed by atoms with van der Waals surface area (Å²) in [5.74, 6) is 0.587. The van der Waals surface area contributed by atoms with Gasteiger partial charge in [0.1, 0.15) is 19.0 Å². The molecule has 1 aliphatic rings. The Balaban J connectivity index is 1.75. The fourth-order valence-corrected chi connectivity index (χ4v) is 2.07. The van der Waals surface area contributed by atoms with Crippen molar-refractivity contribution in [2.45, 2.75) is 25.1 Å². The summed E-state index contributed by atoms with van der Waals surface area (Å²) in [6.45, 7) is -1.30. The smallest absolute Gasteiger partial charge is 0.411 e. The van der Waals surface area contributed by atoms with E-state index >= 15 is 0 Å². The third-order valence-corrected chi connectivity index (χ3v) is 2.92. The van der Waals surface area contributed by atoms with Gasteiger partial charge < -0.3 is 14.6 Å². The lowest BCUT2D eigenvalue weighted by Gasteiger charge is -2.10. The standard InChI is InChI=1S/C13H15F3O3/c14-13(15,16)8-18-5-6-19-10-2-3-11-9(7-10)1-4-12(11)17/h2-3,7,12,17H,1,4-6,8H2. The van der Waals surface area contributed by atoms with E-state index in [1.165, 1.54) is 0 Å². The number of fused-ring (bicyclic) bond motifs is 1. The molecule has 0 saturated heterocycles. The molecule has 0 fully saturated rings. The predicted molar refractivity (Wildman–Crippen MR) is 62.1 cm³/mol. The van der Waals surface area contributed by atoms with Gasteiger partial charge in [-0.25, -0.2) is 0 Å². The lowest BCUT2D eigenvalue weighted by Crippen LogP contribution is -2.19. The maximum atomic E-state index is 11.8. The molecule has 1 aliphatic carbocycles. The summed E-state index contributed by atoms with van der Waals surface area (Å²) in [4.78, 5) is 0. The zero-order chi connectivity index (χ0) is 13.9. The molecule has 0 aromatic heterocycles. The Hall–Kier alpha value is -1.27. The summed E-state index contributed by atoms with van der Waals surface area (Å²) in [5.41, 5.74) is 1.93. The lowest BCUT2D eigenvalue weighted by atomic mass is 10.1. The van der Waals surface area contributed by atoms with Crippen molar-refractivity contribution in [3.8, 4) is 5.75 Å². The summed E-state index contributed by atoms with van der Waals surface area (Å²) in [7, 11) is 0. The SMILES string of the molecule is OC1CCc2cc(OCCOCC(F)(F)F)ccc21. The Kier molecular flexibility index (Phi) is 4.31. The first-order chi connectivity index (χ1) is 8.96. The van der Waals surface area contributed by atoms with Crippen LogP contribution in [0, 0.1) is 0 Å². The van der Waals surface area contributed by atoms with Gasteiger partial charge in [0.25, 0.3) is 0 Å². The zero-order valence-electron chi connectivity index (χ0n) is 10.2. The van der Waals surface area contributed by atoms with Crippen LogP contribution in [0.3, 0.4) is 0 Å². The Morgan fingerprint density at radius 3 is 2.79 bits per heavy atom. The van der Waals surface area contributed by atoms with Crippen molar-refractivity contribution >= 4 is 0 Å². The first-order valence-corrected chi connectivity index (χ1v) is 6.04. The highest BCUT2D eigenvalue weighted by atomic mass is 19.4. The number of alkyl halides is 3. The average molecular weight is 276 g/mol. The van der Waals surface area contributed by atoms with Crippen LogP contribution in [0.15, 0.2) is 18.2 Å². The number of aliphatic hydroxyl groups is 1. The van der Waals surface area contributed by atoms with Crippen LogP contribution >= 0.6 is 0 Å². The van der Waals surface area contributed by atoms with Crippen LogP contribution in [-0.2, 0) is 11.2 Å². The molecule has 3 nitrogen and oxygen atoms in total. The van der Waals surface area contributed by atoms with Gasteiger partial charge in [0, 0.05) is 0 Å². The van der Waals surface area contributed by atoms with Crippen LogP contribution < -0.4 is 4.74 Å². The monoisotopic (exact) mass is 276 g/mol. The number of halogens is 3. The molecule has 19 heavy (non-hydrogen) atoms. The highest BCUT2D eigenvalue weighted by molar-refractivity contribution is 5.39. The Bertz CT molecular complexity index is 432. The minimum atomic E-state index is -4.30. The number of rotatable bonds is 5. The number of ether oxygens (including phenoxy) is 2.